The van der Waals surface area contributed by atoms with Gasteiger partial charge >= 0.3 is 5.69 Å². The van der Waals surface area contributed by atoms with Crippen LogP contribution in [0.1, 0.15) is 11.1 Å². The lowest BCUT2D eigenvalue weighted by atomic mass is 10.1. The van der Waals surface area contributed by atoms with E-state index in [-0.39, 0.29) is 12.5 Å². The van der Waals surface area contributed by atoms with Crippen LogP contribution < -0.4 is 10.7 Å². The standard InChI is InChI=1S/C15H15N3O4/c1-11-3-2-4-12(7-11)8-16-15(20)10-17-6-5-14(19)13(9-17)18(21)22/h2-7,9H,8,10H2,1H3,(H,16,20). The number of nitrogens with one attached hydrogen (secondary N) is 1. The highest BCUT2D eigenvalue weighted by Gasteiger charge is 2.12. The Morgan fingerprint density at radius 1 is 1.36 bits per heavy atom. The van der Waals surface area contributed by atoms with Crippen LogP contribution in [0.25, 0.3) is 0 Å². The molecule has 0 spiro atoms. The molecule has 0 aliphatic carbocycles. The molecule has 22 heavy (non-hydrogen) atoms. The number of benzene rings is 1. The number of aryl methyl sites for hydroxylation is 1. The summed E-state index contributed by atoms with van der Waals surface area (Å²) in [5, 5.41) is 13.4. The van der Waals surface area contributed by atoms with Gasteiger partial charge in [-0.2, -0.15) is 0 Å². The van der Waals surface area contributed by atoms with Crippen molar-refractivity contribution >= 4 is 11.6 Å². The van der Waals surface area contributed by atoms with Crippen LogP contribution >= 0.6 is 0 Å². The van der Waals surface area contributed by atoms with Crippen molar-refractivity contribution in [2.45, 2.75) is 20.0 Å². The van der Waals surface area contributed by atoms with Gasteiger partial charge in [0.15, 0.2) is 0 Å². The second kappa shape index (κ2) is 6.66. The van der Waals surface area contributed by atoms with E-state index in [1.807, 2.05) is 31.2 Å². The maximum absolute atomic E-state index is 11.9. The minimum absolute atomic E-state index is 0.0903. The number of pyridine rings is 1. The normalized spacial score (nSPS) is 10.2. The molecule has 7 nitrogen and oxygen atoms in total. The third-order valence-electron chi connectivity index (χ3n) is 3.05. The molecule has 1 aromatic carbocycles. The van der Waals surface area contributed by atoms with Gasteiger partial charge in [-0.1, -0.05) is 29.8 Å². The number of nitro groups is 1. The van der Waals surface area contributed by atoms with Crippen molar-refractivity contribution in [3.8, 4) is 0 Å². The zero-order valence-electron chi connectivity index (χ0n) is 12.0. The third-order valence-corrected chi connectivity index (χ3v) is 3.05. The van der Waals surface area contributed by atoms with Crippen molar-refractivity contribution in [2.75, 3.05) is 0 Å². The summed E-state index contributed by atoms with van der Waals surface area (Å²) in [6, 6.07) is 8.81. The Labute approximate surface area is 126 Å². The first-order valence-electron chi connectivity index (χ1n) is 6.62. The highest BCUT2D eigenvalue weighted by atomic mass is 16.6. The molecule has 0 aliphatic rings. The molecule has 1 amide bonds. The zero-order chi connectivity index (χ0) is 16.1. The first-order chi connectivity index (χ1) is 10.5. The minimum atomic E-state index is -0.760. The van der Waals surface area contributed by atoms with Gasteiger partial charge < -0.3 is 9.88 Å². The second-order valence-corrected chi connectivity index (χ2v) is 4.89. The van der Waals surface area contributed by atoms with Crippen molar-refractivity contribution in [1.82, 2.24) is 9.88 Å². The average molecular weight is 301 g/mol. The number of hydrogen-bond acceptors (Lipinski definition) is 4. The summed E-state index contributed by atoms with van der Waals surface area (Å²) >= 11 is 0. The Bertz CT molecular complexity index is 767. The highest BCUT2D eigenvalue weighted by molar-refractivity contribution is 5.75. The van der Waals surface area contributed by atoms with E-state index in [9.17, 15) is 19.7 Å². The average Bonchev–Trinajstić information content (AvgIpc) is 2.47. The molecule has 1 heterocycles. The Morgan fingerprint density at radius 2 is 2.14 bits per heavy atom. The molecule has 114 valence electrons. The summed E-state index contributed by atoms with van der Waals surface area (Å²) in [6.07, 6.45) is 2.41. The van der Waals surface area contributed by atoms with Crippen LogP contribution in [0.3, 0.4) is 0 Å². The fraction of sp³-hybridized carbons (Fsp3) is 0.200. The van der Waals surface area contributed by atoms with Gasteiger partial charge in [-0.05, 0) is 12.5 Å². The molecule has 0 fully saturated rings. The molecule has 0 saturated carbocycles. The number of carbonyl (C=O) groups excluding carboxylic acids is 1. The third kappa shape index (κ3) is 4.02. The predicted octanol–water partition coefficient (Wildman–Crippen LogP) is 1.38. The van der Waals surface area contributed by atoms with Gasteiger partial charge in [0, 0.05) is 18.8 Å². The Hall–Kier alpha value is -2.96. The van der Waals surface area contributed by atoms with Gasteiger partial charge in [-0.3, -0.25) is 19.7 Å². The van der Waals surface area contributed by atoms with E-state index in [0.29, 0.717) is 6.54 Å². The number of aromatic nitrogens is 1. The molecule has 0 bridgehead atoms. The summed E-state index contributed by atoms with van der Waals surface area (Å²) < 4.78 is 1.31. The van der Waals surface area contributed by atoms with Gasteiger partial charge in [-0.25, -0.2) is 0 Å². The zero-order valence-corrected chi connectivity index (χ0v) is 12.0. The van der Waals surface area contributed by atoms with E-state index in [4.69, 9.17) is 0 Å². The largest absolute Gasteiger partial charge is 0.350 e. The van der Waals surface area contributed by atoms with Gasteiger partial charge in [0.05, 0.1) is 11.1 Å². The van der Waals surface area contributed by atoms with Crippen LogP contribution in [-0.4, -0.2) is 15.4 Å². The van der Waals surface area contributed by atoms with E-state index in [0.717, 1.165) is 23.4 Å². The molecular weight excluding hydrogens is 286 g/mol. The molecule has 0 atom stereocenters. The molecule has 0 saturated heterocycles. The van der Waals surface area contributed by atoms with Crippen LogP contribution in [0.4, 0.5) is 5.69 Å². The first-order valence-corrected chi connectivity index (χ1v) is 6.62. The maximum Gasteiger partial charge on any atom is 0.332 e. The smallest absolute Gasteiger partial charge is 0.332 e. The van der Waals surface area contributed by atoms with E-state index in [1.165, 1.54) is 10.8 Å². The minimum Gasteiger partial charge on any atom is -0.350 e. The molecule has 1 aromatic heterocycles. The monoisotopic (exact) mass is 301 g/mol. The SMILES string of the molecule is Cc1cccc(CNC(=O)Cn2ccc(=O)c([N+](=O)[O-])c2)c1. The van der Waals surface area contributed by atoms with Crippen molar-refractivity contribution in [1.29, 1.82) is 0 Å². The fourth-order valence-electron chi connectivity index (χ4n) is 1.99. The van der Waals surface area contributed by atoms with Crippen LogP contribution in [0.15, 0.2) is 47.5 Å². The summed E-state index contributed by atoms with van der Waals surface area (Å²) in [5.41, 5.74) is 0.845. The fourth-order valence-corrected chi connectivity index (χ4v) is 1.99. The highest BCUT2D eigenvalue weighted by Crippen LogP contribution is 2.04. The number of carbonyl (C=O) groups is 1. The second-order valence-electron chi connectivity index (χ2n) is 4.89. The number of amides is 1. The van der Waals surface area contributed by atoms with E-state index < -0.39 is 16.0 Å². The number of hydrogen-bond donors (Lipinski definition) is 1. The topological polar surface area (TPSA) is 94.2 Å². The molecule has 2 rings (SSSR count). The Kier molecular flexibility index (Phi) is 4.67. The molecule has 1 N–H and O–H groups in total. The van der Waals surface area contributed by atoms with E-state index in [2.05, 4.69) is 5.32 Å². The first kappa shape index (κ1) is 15.4. The molecule has 2 aromatic rings. The molecule has 0 unspecified atom stereocenters. The Morgan fingerprint density at radius 3 is 2.82 bits per heavy atom. The summed E-state index contributed by atoms with van der Waals surface area (Å²) in [4.78, 5) is 33.1. The van der Waals surface area contributed by atoms with Crippen LogP contribution in [0.2, 0.25) is 0 Å². The summed E-state index contributed by atoms with van der Waals surface area (Å²) in [6.45, 7) is 2.25. The molecule has 0 aliphatic heterocycles. The van der Waals surface area contributed by atoms with Crippen LogP contribution in [0, 0.1) is 17.0 Å². The van der Waals surface area contributed by atoms with Gasteiger partial charge in [-0.15, -0.1) is 0 Å². The van der Waals surface area contributed by atoms with E-state index in [1.54, 1.807) is 0 Å². The Balaban J connectivity index is 1.99. The predicted molar refractivity (Wildman–Crippen MR) is 80.4 cm³/mol. The lowest BCUT2D eigenvalue weighted by Gasteiger charge is -2.08. The van der Waals surface area contributed by atoms with Crippen molar-refractivity contribution in [2.24, 2.45) is 0 Å². The quantitative estimate of drug-likeness (QED) is 0.667. The number of rotatable bonds is 5. The molecule has 0 radical (unpaired) electrons. The van der Waals surface area contributed by atoms with Gasteiger partial charge in [0.2, 0.25) is 5.91 Å². The molecule has 7 heteroatoms. The van der Waals surface area contributed by atoms with Crippen LogP contribution in [-0.2, 0) is 17.9 Å². The lowest BCUT2D eigenvalue weighted by Crippen LogP contribution is -2.27. The van der Waals surface area contributed by atoms with Gasteiger partial charge in [0.25, 0.3) is 5.43 Å². The molecular formula is C15H15N3O4. The van der Waals surface area contributed by atoms with Gasteiger partial charge in [0.1, 0.15) is 6.54 Å². The van der Waals surface area contributed by atoms with Crippen molar-refractivity contribution in [3.63, 3.8) is 0 Å². The van der Waals surface area contributed by atoms with Crippen molar-refractivity contribution in [3.05, 3.63) is 74.2 Å². The summed E-state index contributed by atoms with van der Waals surface area (Å²) in [5.74, 6) is -0.292. The van der Waals surface area contributed by atoms with E-state index >= 15 is 0 Å². The maximum atomic E-state index is 11.9. The number of nitrogens with zero attached hydrogens (tertiary/aromatic N) is 2. The van der Waals surface area contributed by atoms with Crippen LogP contribution in [0.5, 0.6) is 0 Å². The van der Waals surface area contributed by atoms with Crippen molar-refractivity contribution < 1.29 is 9.72 Å². The summed E-state index contributed by atoms with van der Waals surface area (Å²) in [7, 11) is 0. The lowest BCUT2D eigenvalue weighted by molar-refractivity contribution is -0.386.